The van der Waals surface area contributed by atoms with E-state index in [1.807, 2.05) is 0 Å². The van der Waals surface area contributed by atoms with Gasteiger partial charge in [-0.3, -0.25) is 0 Å². The minimum Gasteiger partial charge on any atom is -0.0619 e. The Labute approximate surface area is 307 Å². The highest BCUT2D eigenvalue weighted by Gasteiger charge is 2.46. The van der Waals surface area contributed by atoms with Crippen molar-refractivity contribution in [3.05, 3.63) is 216 Å². The van der Waals surface area contributed by atoms with Gasteiger partial charge in [-0.25, -0.2) is 0 Å². The van der Waals surface area contributed by atoms with E-state index in [2.05, 4.69) is 194 Å². The lowest BCUT2D eigenvalue weighted by molar-refractivity contribution is 0.771. The quantitative estimate of drug-likeness (QED) is 0.161. The number of fused-ring (bicyclic) bond motifs is 5. The van der Waals surface area contributed by atoms with Gasteiger partial charge in [-0.15, -0.1) is 0 Å². The minimum absolute atomic E-state index is 0.360. The van der Waals surface area contributed by atoms with Crippen molar-refractivity contribution < 1.29 is 0 Å². The van der Waals surface area contributed by atoms with Crippen LogP contribution in [-0.4, -0.2) is 0 Å². The molecule has 12 aromatic carbocycles. The van der Waals surface area contributed by atoms with E-state index in [0.29, 0.717) is 0 Å². The molecule has 53 heavy (non-hydrogen) atoms. The summed E-state index contributed by atoms with van der Waals surface area (Å²) in [5, 5.41) is 19.2. The van der Waals surface area contributed by atoms with Crippen LogP contribution in [0, 0.1) is 0 Å². The summed E-state index contributed by atoms with van der Waals surface area (Å²) >= 11 is 0. The third-order valence-electron chi connectivity index (χ3n) is 12.2. The van der Waals surface area contributed by atoms with E-state index in [1.165, 1.54) is 109 Å². The lowest BCUT2D eigenvalue weighted by Gasteiger charge is -2.34. The van der Waals surface area contributed by atoms with Crippen molar-refractivity contribution >= 4 is 75.4 Å². The molecule has 0 saturated heterocycles. The summed E-state index contributed by atoms with van der Waals surface area (Å²) in [5.41, 5.74) is 7.64. The fraction of sp³-hybridized carbons (Fsp3) is 0.0189. The van der Waals surface area contributed by atoms with Gasteiger partial charge in [0.2, 0.25) is 0 Å². The van der Waals surface area contributed by atoms with Gasteiger partial charge in [0.1, 0.15) is 0 Å². The van der Waals surface area contributed by atoms with Crippen LogP contribution in [0.25, 0.3) is 86.5 Å². The molecule has 0 aromatic heterocycles. The summed E-state index contributed by atoms with van der Waals surface area (Å²) in [5.74, 6) is 0. The van der Waals surface area contributed by atoms with Gasteiger partial charge in [0, 0.05) is 0 Å². The van der Waals surface area contributed by atoms with Gasteiger partial charge in [-0.05, 0) is 121 Å². The van der Waals surface area contributed by atoms with E-state index in [-0.39, 0.29) is 5.41 Å². The average molecular weight is 669 g/mol. The SMILES string of the molecule is c1cc2ccc3ccc4ccc5ccc1c1c2c3c4c51.c1ccc2c(c1)-c1ccccc1C2(c1ccc2ccccc2c1)c1ccc2ccccc2c1. The number of hydrogen-bond acceptors (Lipinski definition) is 0. The van der Waals surface area contributed by atoms with Crippen LogP contribution in [0.4, 0.5) is 0 Å². The first-order valence-electron chi connectivity index (χ1n) is 18.6. The molecule has 0 atom stereocenters. The molecule has 0 saturated carbocycles. The molecule has 0 amide bonds. The van der Waals surface area contributed by atoms with Crippen LogP contribution in [0.15, 0.2) is 194 Å². The van der Waals surface area contributed by atoms with E-state index in [9.17, 15) is 0 Å². The number of rotatable bonds is 2. The summed E-state index contributed by atoms with van der Waals surface area (Å²) in [6.07, 6.45) is 0. The van der Waals surface area contributed by atoms with Crippen LogP contribution in [0.1, 0.15) is 22.3 Å². The molecule has 0 N–H and O–H groups in total. The first-order valence-corrected chi connectivity index (χ1v) is 18.6. The zero-order valence-corrected chi connectivity index (χ0v) is 29.0. The number of hydrogen-bond donors (Lipinski definition) is 0. The minimum atomic E-state index is -0.360. The van der Waals surface area contributed by atoms with Crippen LogP contribution < -0.4 is 0 Å². The monoisotopic (exact) mass is 668 g/mol. The van der Waals surface area contributed by atoms with E-state index >= 15 is 0 Å². The molecular formula is C53H32. The topological polar surface area (TPSA) is 0 Å². The van der Waals surface area contributed by atoms with Gasteiger partial charge >= 0.3 is 0 Å². The molecule has 0 nitrogen and oxygen atoms in total. The van der Waals surface area contributed by atoms with Crippen LogP contribution in [0.3, 0.4) is 0 Å². The van der Waals surface area contributed by atoms with Crippen LogP contribution in [0.2, 0.25) is 0 Å². The molecule has 0 unspecified atom stereocenters. The van der Waals surface area contributed by atoms with Crippen LogP contribution in [0.5, 0.6) is 0 Å². The van der Waals surface area contributed by atoms with Crippen molar-refractivity contribution in [3.63, 3.8) is 0 Å². The second-order valence-electron chi connectivity index (χ2n) is 14.8. The summed E-state index contributed by atoms with van der Waals surface area (Å²) in [6, 6.07) is 71.8. The summed E-state index contributed by atoms with van der Waals surface area (Å²) in [6.45, 7) is 0. The fourth-order valence-corrected chi connectivity index (χ4v) is 9.95. The Kier molecular flexibility index (Phi) is 5.80. The lowest BCUT2D eigenvalue weighted by Crippen LogP contribution is -2.28. The normalized spacial score (nSPS) is 13.4. The van der Waals surface area contributed by atoms with E-state index in [1.54, 1.807) is 0 Å². The summed E-state index contributed by atoms with van der Waals surface area (Å²) in [4.78, 5) is 0. The maximum Gasteiger partial charge on any atom is 0.0714 e. The highest BCUT2D eigenvalue weighted by atomic mass is 14.5. The van der Waals surface area contributed by atoms with Gasteiger partial charge in [0.15, 0.2) is 0 Å². The zero-order chi connectivity index (χ0) is 34.7. The summed E-state index contributed by atoms with van der Waals surface area (Å²) in [7, 11) is 0. The standard InChI is InChI=1S/C33H22.C20H10/c1-3-11-25-21-27(19-17-23(25)9-1)33(28-20-18-24-10-2-4-12-26(24)22-28)31-15-7-5-13-29(31)30-14-6-8-16-32(30)33;1-2-12-5-6-14-9-10-15-8-7-13-4-3-11(1)16-17(12)19(14)20(15)18(13)16/h1-22H;1-10H. The van der Waals surface area contributed by atoms with Gasteiger partial charge in [-0.1, -0.05) is 182 Å². The second kappa shape index (κ2) is 10.6. The third-order valence-corrected chi connectivity index (χ3v) is 12.2. The molecule has 0 heterocycles. The molecule has 0 bridgehead atoms. The van der Waals surface area contributed by atoms with Crippen molar-refractivity contribution in [2.24, 2.45) is 0 Å². The average Bonchev–Trinajstić information content (AvgIpc) is 3.75. The molecule has 13 rings (SSSR count). The maximum atomic E-state index is 2.39. The Balaban J connectivity index is 0.000000133. The van der Waals surface area contributed by atoms with E-state index < -0.39 is 0 Å². The van der Waals surface area contributed by atoms with Crippen molar-refractivity contribution in [1.29, 1.82) is 0 Å². The molecule has 12 aromatic rings. The molecule has 0 radical (unpaired) electrons. The molecule has 0 heteroatoms. The number of benzene rings is 11. The van der Waals surface area contributed by atoms with E-state index in [0.717, 1.165) is 0 Å². The molecule has 0 aliphatic heterocycles. The van der Waals surface area contributed by atoms with Crippen molar-refractivity contribution in [1.82, 2.24) is 0 Å². The van der Waals surface area contributed by atoms with Crippen LogP contribution >= 0.6 is 0 Å². The molecule has 0 fully saturated rings. The summed E-state index contributed by atoms with van der Waals surface area (Å²) < 4.78 is 0. The van der Waals surface area contributed by atoms with Gasteiger partial charge in [-0.2, -0.15) is 0 Å². The fourth-order valence-electron chi connectivity index (χ4n) is 9.95. The molecular weight excluding hydrogens is 637 g/mol. The molecule has 244 valence electrons. The Hall–Kier alpha value is -6.76. The Morgan fingerprint density at radius 3 is 0.868 bits per heavy atom. The maximum absolute atomic E-state index is 2.39. The van der Waals surface area contributed by atoms with Crippen molar-refractivity contribution in [2.75, 3.05) is 0 Å². The Morgan fingerprint density at radius 1 is 0.226 bits per heavy atom. The van der Waals surface area contributed by atoms with Crippen molar-refractivity contribution in [2.45, 2.75) is 5.41 Å². The smallest absolute Gasteiger partial charge is 0.0619 e. The Morgan fingerprint density at radius 2 is 0.509 bits per heavy atom. The van der Waals surface area contributed by atoms with Gasteiger partial charge in [0.05, 0.1) is 5.41 Å². The predicted molar refractivity (Wildman–Crippen MR) is 226 cm³/mol. The largest absolute Gasteiger partial charge is 0.0714 e. The van der Waals surface area contributed by atoms with Crippen molar-refractivity contribution in [3.8, 4) is 11.1 Å². The molecule has 1 aliphatic rings. The highest BCUT2D eigenvalue weighted by molar-refractivity contribution is 6.44. The molecule has 0 spiro atoms. The van der Waals surface area contributed by atoms with Gasteiger partial charge in [0.25, 0.3) is 0 Å². The third kappa shape index (κ3) is 3.85. The first kappa shape index (κ1) is 28.9. The lowest BCUT2D eigenvalue weighted by atomic mass is 9.67. The zero-order valence-electron chi connectivity index (χ0n) is 29.0. The molecule has 1 aliphatic carbocycles. The first-order chi connectivity index (χ1) is 26.3. The Bertz CT molecular complexity index is 2920. The van der Waals surface area contributed by atoms with Gasteiger partial charge < -0.3 is 0 Å². The van der Waals surface area contributed by atoms with Crippen LogP contribution in [-0.2, 0) is 5.41 Å². The predicted octanol–water partition coefficient (Wildman–Crippen LogP) is 14.1. The van der Waals surface area contributed by atoms with E-state index in [4.69, 9.17) is 0 Å². The second-order valence-corrected chi connectivity index (χ2v) is 14.8. The highest BCUT2D eigenvalue weighted by Crippen LogP contribution is 2.56.